The average Bonchev–Trinajstić information content (AvgIpc) is 2.37. The molecule has 0 bridgehead atoms. The number of benzene rings is 1. The van der Waals surface area contributed by atoms with Crippen LogP contribution in [0.4, 0.5) is 13.2 Å². The Hall–Kier alpha value is -2.08. The van der Waals surface area contributed by atoms with Gasteiger partial charge in [-0.05, 0) is 29.3 Å². The molecule has 0 unspecified atom stereocenters. The molecule has 19 heavy (non-hydrogen) atoms. The van der Waals surface area contributed by atoms with Gasteiger partial charge in [-0.2, -0.15) is 0 Å². The van der Waals surface area contributed by atoms with Gasteiger partial charge in [0.05, 0.1) is 6.61 Å². The molecule has 0 saturated heterocycles. The highest BCUT2D eigenvalue weighted by Crippen LogP contribution is 2.27. The summed E-state index contributed by atoms with van der Waals surface area (Å²) in [6, 6.07) is 7.25. The minimum absolute atomic E-state index is 0.181. The molecule has 0 aliphatic rings. The van der Waals surface area contributed by atoms with Gasteiger partial charge in [-0.3, -0.25) is 4.98 Å². The van der Waals surface area contributed by atoms with Crippen molar-refractivity contribution in [2.24, 2.45) is 0 Å². The average molecular weight is 269 g/mol. The molecule has 1 heterocycles. The van der Waals surface area contributed by atoms with Crippen LogP contribution in [0, 0.1) is 0 Å². The zero-order chi connectivity index (χ0) is 13.9. The standard InChI is InChI=1S/C13H10F3NO2/c14-13(15,16)19-12-3-1-2-10(5-12)11-4-9(8-18)6-17-7-11/h1-7,18H,8H2. The summed E-state index contributed by atoms with van der Waals surface area (Å²) in [5.74, 6) is -0.292. The van der Waals surface area contributed by atoms with Crippen molar-refractivity contribution >= 4 is 0 Å². The lowest BCUT2D eigenvalue weighted by atomic mass is 10.1. The van der Waals surface area contributed by atoms with Crippen molar-refractivity contribution in [3.63, 3.8) is 0 Å². The van der Waals surface area contributed by atoms with E-state index in [2.05, 4.69) is 9.72 Å². The Morgan fingerprint density at radius 2 is 1.89 bits per heavy atom. The van der Waals surface area contributed by atoms with Crippen LogP contribution >= 0.6 is 0 Å². The van der Waals surface area contributed by atoms with Gasteiger partial charge in [0.1, 0.15) is 5.75 Å². The van der Waals surface area contributed by atoms with Crippen molar-refractivity contribution in [3.8, 4) is 16.9 Å². The molecule has 0 atom stereocenters. The van der Waals surface area contributed by atoms with Gasteiger partial charge < -0.3 is 9.84 Å². The molecule has 1 N–H and O–H groups in total. The Labute approximate surface area is 107 Å². The van der Waals surface area contributed by atoms with Gasteiger partial charge in [0.15, 0.2) is 0 Å². The maximum atomic E-state index is 12.1. The molecule has 0 saturated carbocycles. The third kappa shape index (κ3) is 3.69. The predicted octanol–water partition coefficient (Wildman–Crippen LogP) is 3.14. The SMILES string of the molecule is OCc1cncc(-c2cccc(OC(F)(F)F)c2)c1. The lowest BCUT2D eigenvalue weighted by Crippen LogP contribution is -2.17. The molecule has 3 nitrogen and oxygen atoms in total. The van der Waals surface area contributed by atoms with Crippen LogP contribution in [0.3, 0.4) is 0 Å². The molecular formula is C13H10F3NO2. The highest BCUT2D eigenvalue weighted by molar-refractivity contribution is 5.64. The molecule has 0 aliphatic carbocycles. The van der Waals surface area contributed by atoms with Crippen molar-refractivity contribution in [1.82, 2.24) is 4.98 Å². The van der Waals surface area contributed by atoms with E-state index in [9.17, 15) is 13.2 Å². The van der Waals surface area contributed by atoms with Crippen LogP contribution in [-0.4, -0.2) is 16.5 Å². The van der Waals surface area contributed by atoms with Crippen LogP contribution in [0.25, 0.3) is 11.1 Å². The first-order chi connectivity index (χ1) is 8.98. The first-order valence-corrected chi connectivity index (χ1v) is 5.39. The number of aliphatic hydroxyl groups is 1. The fourth-order valence-electron chi connectivity index (χ4n) is 1.60. The van der Waals surface area contributed by atoms with E-state index in [0.29, 0.717) is 16.7 Å². The summed E-state index contributed by atoms with van der Waals surface area (Å²) in [4.78, 5) is 3.91. The highest BCUT2D eigenvalue weighted by atomic mass is 19.4. The number of alkyl halides is 3. The number of hydrogen-bond donors (Lipinski definition) is 1. The third-order valence-electron chi connectivity index (χ3n) is 2.38. The van der Waals surface area contributed by atoms with Crippen LogP contribution in [0.15, 0.2) is 42.7 Å². The van der Waals surface area contributed by atoms with E-state index >= 15 is 0 Å². The van der Waals surface area contributed by atoms with Crippen molar-refractivity contribution in [2.75, 3.05) is 0 Å². The first-order valence-electron chi connectivity index (χ1n) is 5.39. The molecule has 0 radical (unpaired) electrons. The van der Waals surface area contributed by atoms with Crippen LogP contribution in [0.2, 0.25) is 0 Å². The van der Waals surface area contributed by atoms with Crippen molar-refractivity contribution in [1.29, 1.82) is 0 Å². The summed E-state index contributed by atoms with van der Waals surface area (Å²) in [6.07, 6.45) is -1.73. The minimum Gasteiger partial charge on any atom is -0.406 e. The molecule has 0 amide bonds. The Balaban J connectivity index is 2.32. The van der Waals surface area contributed by atoms with Gasteiger partial charge in [-0.15, -0.1) is 13.2 Å². The number of pyridine rings is 1. The normalized spacial score (nSPS) is 11.4. The van der Waals surface area contributed by atoms with E-state index in [1.165, 1.54) is 30.6 Å². The molecule has 2 aromatic rings. The number of rotatable bonds is 3. The topological polar surface area (TPSA) is 42.4 Å². The van der Waals surface area contributed by atoms with E-state index in [0.717, 1.165) is 0 Å². The fraction of sp³-hybridized carbons (Fsp3) is 0.154. The second-order valence-electron chi connectivity index (χ2n) is 3.82. The molecule has 0 aliphatic heterocycles. The van der Waals surface area contributed by atoms with Gasteiger partial charge in [0.2, 0.25) is 0 Å². The number of halogens is 3. The number of aromatic nitrogens is 1. The number of aliphatic hydroxyl groups excluding tert-OH is 1. The summed E-state index contributed by atoms with van der Waals surface area (Å²) >= 11 is 0. The van der Waals surface area contributed by atoms with E-state index < -0.39 is 6.36 Å². The summed E-state index contributed by atoms with van der Waals surface area (Å²) in [5.41, 5.74) is 1.73. The number of hydrogen-bond acceptors (Lipinski definition) is 3. The van der Waals surface area contributed by atoms with Gasteiger partial charge in [0, 0.05) is 18.0 Å². The highest BCUT2D eigenvalue weighted by Gasteiger charge is 2.31. The lowest BCUT2D eigenvalue weighted by molar-refractivity contribution is -0.274. The molecule has 0 spiro atoms. The van der Waals surface area contributed by atoms with E-state index in [4.69, 9.17) is 5.11 Å². The molecule has 2 rings (SSSR count). The van der Waals surface area contributed by atoms with E-state index in [-0.39, 0.29) is 12.4 Å². The lowest BCUT2D eigenvalue weighted by Gasteiger charge is -2.10. The van der Waals surface area contributed by atoms with Crippen molar-refractivity contribution < 1.29 is 23.0 Å². The van der Waals surface area contributed by atoms with E-state index in [1.807, 2.05) is 0 Å². The van der Waals surface area contributed by atoms with Gasteiger partial charge in [-0.1, -0.05) is 12.1 Å². The Bertz CT molecular complexity index is 570. The van der Waals surface area contributed by atoms with Crippen LogP contribution in [0.1, 0.15) is 5.56 Å². The summed E-state index contributed by atoms with van der Waals surface area (Å²) < 4.78 is 40.2. The molecule has 6 heteroatoms. The van der Waals surface area contributed by atoms with Gasteiger partial charge in [-0.25, -0.2) is 0 Å². The monoisotopic (exact) mass is 269 g/mol. The number of ether oxygens (including phenoxy) is 1. The number of nitrogens with zero attached hydrogens (tertiary/aromatic N) is 1. The predicted molar refractivity (Wildman–Crippen MR) is 62.3 cm³/mol. The van der Waals surface area contributed by atoms with Crippen molar-refractivity contribution in [3.05, 3.63) is 48.3 Å². The quantitative estimate of drug-likeness (QED) is 0.930. The summed E-state index contributed by atoms with van der Waals surface area (Å²) in [6.45, 7) is -0.181. The Morgan fingerprint density at radius 1 is 1.11 bits per heavy atom. The fourth-order valence-corrected chi connectivity index (χ4v) is 1.60. The zero-order valence-corrected chi connectivity index (χ0v) is 9.69. The van der Waals surface area contributed by atoms with Gasteiger partial charge in [0.25, 0.3) is 0 Å². The second kappa shape index (κ2) is 5.27. The zero-order valence-electron chi connectivity index (χ0n) is 9.69. The Kier molecular flexibility index (Phi) is 3.71. The minimum atomic E-state index is -4.72. The van der Waals surface area contributed by atoms with Gasteiger partial charge >= 0.3 is 6.36 Å². The molecule has 100 valence electrons. The molecule has 1 aromatic carbocycles. The largest absolute Gasteiger partial charge is 0.573 e. The van der Waals surface area contributed by atoms with Crippen LogP contribution in [0.5, 0.6) is 5.75 Å². The molecule has 1 aromatic heterocycles. The maximum absolute atomic E-state index is 12.1. The smallest absolute Gasteiger partial charge is 0.406 e. The maximum Gasteiger partial charge on any atom is 0.573 e. The first kappa shape index (κ1) is 13.4. The summed E-state index contributed by atoms with van der Waals surface area (Å²) in [7, 11) is 0. The summed E-state index contributed by atoms with van der Waals surface area (Å²) in [5, 5.41) is 9.00. The van der Waals surface area contributed by atoms with E-state index in [1.54, 1.807) is 12.1 Å². The molecular weight excluding hydrogens is 259 g/mol. The molecule has 0 fully saturated rings. The Morgan fingerprint density at radius 3 is 2.58 bits per heavy atom. The second-order valence-corrected chi connectivity index (χ2v) is 3.82. The third-order valence-corrected chi connectivity index (χ3v) is 2.38. The van der Waals surface area contributed by atoms with Crippen LogP contribution in [-0.2, 0) is 6.61 Å². The van der Waals surface area contributed by atoms with Crippen LogP contribution < -0.4 is 4.74 Å². The van der Waals surface area contributed by atoms with Crippen molar-refractivity contribution in [2.45, 2.75) is 13.0 Å².